The van der Waals surface area contributed by atoms with Crippen LogP contribution in [0.3, 0.4) is 0 Å². The number of nitrogens with zero attached hydrogens (tertiary/aromatic N) is 3. The van der Waals surface area contributed by atoms with Crippen LogP contribution in [-0.2, 0) is 5.41 Å². The highest BCUT2D eigenvalue weighted by Gasteiger charge is 2.28. The van der Waals surface area contributed by atoms with Crippen molar-refractivity contribution in [1.82, 2.24) is 20.4 Å². The molecular formula is C20H25N5O2S. The predicted molar refractivity (Wildman–Crippen MR) is 111 cm³/mol. The zero-order valence-corrected chi connectivity index (χ0v) is 17.3. The molecule has 28 heavy (non-hydrogen) atoms. The lowest BCUT2D eigenvalue weighted by Crippen LogP contribution is -2.36. The Kier molecular flexibility index (Phi) is 6.11. The Morgan fingerprint density at radius 1 is 1.18 bits per heavy atom. The summed E-state index contributed by atoms with van der Waals surface area (Å²) < 4.78 is 5.46. The maximum atomic E-state index is 12.3. The van der Waals surface area contributed by atoms with Gasteiger partial charge in [-0.2, -0.15) is 0 Å². The lowest BCUT2D eigenvalue weighted by molar-refractivity contribution is 0.233. The molecule has 1 unspecified atom stereocenters. The fourth-order valence-electron chi connectivity index (χ4n) is 2.85. The topological polar surface area (TPSA) is 83.3 Å². The van der Waals surface area contributed by atoms with Crippen LogP contribution < -0.4 is 10.6 Å². The third-order valence-electron chi connectivity index (χ3n) is 4.63. The second-order valence-electron chi connectivity index (χ2n) is 7.23. The molecule has 0 spiro atoms. The third-order valence-corrected chi connectivity index (χ3v) is 5.79. The van der Waals surface area contributed by atoms with Gasteiger partial charge in [0.15, 0.2) is 0 Å². The highest BCUT2D eigenvalue weighted by molar-refractivity contribution is 7.15. The summed E-state index contributed by atoms with van der Waals surface area (Å²) in [5, 5.41) is 15.4. The van der Waals surface area contributed by atoms with Crippen molar-refractivity contribution in [2.24, 2.45) is 0 Å². The van der Waals surface area contributed by atoms with Crippen LogP contribution in [0.15, 0.2) is 53.1 Å². The smallest absolute Gasteiger partial charge is 0.321 e. The van der Waals surface area contributed by atoms with E-state index in [9.17, 15) is 4.79 Å². The van der Waals surface area contributed by atoms with Crippen molar-refractivity contribution in [2.75, 3.05) is 26.0 Å². The van der Waals surface area contributed by atoms with E-state index < -0.39 is 0 Å². The fraction of sp³-hybridized carbons (Fsp3) is 0.350. The molecule has 7 nitrogen and oxygen atoms in total. The molecule has 2 heterocycles. The number of urea groups is 1. The molecule has 2 N–H and O–H groups in total. The van der Waals surface area contributed by atoms with Crippen LogP contribution in [0.5, 0.6) is 0 Å². The zero-order chi connectivity index (χ0) is 20.1. The summed E-state index contributed by atoms with van der Waals surface area (Å²) in [4.78, 5) is 14.3. The summed E-state index contributed by atoms with van der Waals surface area (Å²) in [5.41, 5.74) is 0.861. The number of benzene rings is 1. The van der Waals surface area contributed by atoms with Crippen molar-refractivity contribution in [2.45, 2.75) is 25.3 Å². The van der Waals surface area contributed by atoms with Crippen LogP contribution in [0.2, 0.25) is 0 Å². The molecule has 0 aliphatic carbocycles. The SMILES string of the molecule is CN(C)C(CNC(=O)Nc1nnc(C(C)(C)c2ccccc2)s1)c1ccco1. The number of furan rings is 1. The summed E-state index contributed by atoms with van der Waals surface area (Å²) in [6.07, 6.45) is 1.63. The molecule has 0 bridgehead atoms. The van der Waals surface area contributed by atoms with Gasteiger partial charge in [0.2, 0.25) is 5.13 Å². The molecule has 3 rings (SSSR count). The monoisotopic (exact) mass is 399 g/mol. The zero-order valence-electron chi connectivity index (χ0n) is 16.5. The van der Waals surface area contributed by atoms with Crippen LogP contribution in [0.4, 0.5) is 9.93 Å². The number of aromatic nitrogens is 2. The van der Waals surface area contributed by atoms with E-state index in [4.69, 9.17) is 4.42 Å². The molecule has 0 aliphatic heterocycles. The summed E-state index contributed by atoms with van der Waals surface area (Å²) >= 11 is 1.38. The molecule has 2 aromatic heterocycles. The quantitative estimate of drug-likeness (QED) is 0.630. The van der Waals surface area contributed by atoms with E-state index in [1.165, 1.54) is 11.3 Å². The number of carbonyl (C=O) groups is 1. The lowest BCUT2D eigenvalue weighted by atomic mass is 9.85. The summed E-state index contributed by atoms with van der Waals surface area (Å²) in [6.45, 7) is 4.60. The summed E-state index contributed by atoms with van der Waals surface area (Å²) in [5.74, 6) is 0.799. The molecule has 3 aromatic rings. The van der Waals surface area contributed by atoms with Gasteiger partial charge in [-0.15, -0.1) is 10.2 Å². The molecule has 1 atom stereocenters. The summed E-state index contributed by atoms with van der Waals surface area (Å²) in [6, 6.07) is 13.5. The van der Waals surface area contributed by atoms with E-state index >= 15 is 0 Å². The van der Waals surface area contributed by atoms with Gasteiger partial charge in [0.25, 0.3) is 0 Å². The Bertz CT molecular complexity index is 890. The minimum absolute atomic E-state index is 0.0530. The first-order valence-electron chi connectivity index (χ1n) is 9.02. The average molecular weight is 400 g/mol. The number of carbonyl (C=O) groups excluding carboxylic acids is 1. The molecule has 2 amide bonds. The van der Waals surface area contributed by atoms with Gasteiger partial charge in [-0.05, 0) is 45.6 Å². The van der Waals surface area contributed by atoms with Crippen LogP contribution in [0, 0.1) is 0 Å². The van der Waals surface area contributed by atoms with Crippen molar-refractivity contribution >= 4 is 22.5 Å². The number of hydrogen-bond donors (Lipinski definition) is 2. The fourth-order valence-corrected chi connectivity index (χ4v) is 3.72. The lowest BCUT2D eigenvalue weighted by Gasteiger charge is -2.22. The number of anilines is 1. The molecule has 0 saturated carbocycles. The molecule has 0 fully saturated rings. The van der Waals surface area contributed by atoms with Gasteiger partial charge in [-0.1, -0.05) is 41.7 Å². The van der Waals surface area contributed by atoms with E-state index in [-0.39, 0.29) is 17.5 Å². The van der Waals surface area contributed by atoms with Crippen molar-refractivity contribution in [1.29, 1.82) is 0 Å². The van der Waals surface area contributed by atoms with E-state index in [1.807, 2.05) is 49.3 Å². The van der Waals surface area contributed by atoms with E-state index in [2.05, 4.69) is 46.8 Å². The minimum Gasteiger partial charge on any atom is -0.468 e. The minimum atomic E-state index is -0.321. The van der Waals surface area contributed by atoms with Gasteiger partial charge in [0, 0.05) is 12.0 Å². The van der Waals surface area contributed by atoms with E-state index in [1.54, 1.807) is 6.26 Å². The van der Waals surface area contributed by atoms with E-state index in [0.717, 1.165) is 16.3 Å². The molecule has 8 heteroatoms. The Hall–Kier alpha value is -2.71. The molecule has 148 valence electrons. The van der Waals surface area contributed by atoms with Crippen molar-refractivity contribution in [3.63, 3.8) is 0 Å². The van der Waals surface area contributed by atoms with Crippen LogP contribution in [0.1, 0.15) is 36.2 Å². The van der Waals surface area contributed by atoms with Gasteiger partial charge in [-0.3, -0.25) is 10.2 Å². The van der Waals surface area contributed by atoms with E-state index in [0.29, 0.717) is 11.7 Å². The van der Waals surface area contributed by atoms with Gasteiger partial charge in [0.1, 0.15) is 10.8 Å². The van der Waals surface area contributed by atoms with Crippen molar-refractivity contribution in [3.05, 3.63) is 65.1 Å². The Balaban J connectivity index is 1.61. The largest absolute Gasteiger partial charge is 0.468 e. The van der Waals surface area contributed by atoms with Crippen LogP contribution in [-0.4, -0.2) is 41.8 Å². The summed E-state index contributed by atoms with van der Waals surface area (Å²) in [7, 11) is 3.88. The van der Waals surface area contributed by atoms with Crippen LogP contribution in [0.25, 0.3) is 0 Å². The van der Waals surface area contributed by atoms with Crippen molar-refractivity contribution in [3.8, 4) is 0 Å². The third kappa shape index (κ3) is 4.58. The first-order valence-corrected chi connectivity index (χ1v) is 9.84. The molecule has 0 aliphatic rings. The maximum absolute atomic E-state index is 12.3. The molecule has 0 radical (unpaired) electrons. The predicted octanol–water partition coefficient (Wildman–Crippen LogP) is 3.88. The first kappa shape index (κ1) is 20.0. The van der Waals surface area contributed by atoms with Gasteiger partial charge in [0.05, 0.1) is 12.3 Å². The Labute approximate surface area is 168 Å². The van der Waals surface area contributed by atoms with Crippen LogP contribution >= 0.6 is 11.3 Å². The number of likely N-dealkylation sites (N-methyl/N-ethyl adjacent to an activating group) is 1. The standard InChI is InChI=1S/C20H25N5O2S/c1-20(2,14-9-6-5-7-10-14)17-23-24-19(28-17)22-18(26)21-13-15(25(3)4)16-11-8-12-27-16/h5-12,15H,13H2,1-4H3,(H2,21,22,24,26). The number of rotatable bonds is 7. The van der Waals surface area contributed by atoms with Gasteiger partial charge >= 0.3 is 6.03 Å². The number of amides is 2. The normalized spacial score (nSPS) is 12.8. The molecule has 1 aromatic carbocycles. The maximum Gasteiger partial charge on any atom is 0.321 e. The molecular weight excluding hydrogens is 374 g/mol. The second kappa shape index (κ2) is 8.53. The average Bonchev–Trinajstić information content (AvgIpc) is 3.35. The molecule has 0 saturated heterocycles. The number of hydrogen-bond acceptors (Lipinski definition) is 6. The highest BCUT2D eigenvalue weighted by Crippen LogP contribution is 2.34. The van der Waals surface area contributed by atoms with Gasteiger partial charge in [-0.25, -0.2) is 4.79 Å². The highest BCUT2D eigenvalue weighted by atomic mass is 32.1. The second-order valence-corrected chi connectivity index (χ2v) is 8.21. The van der Waals surface area contributed by atoms with Gasteiger partial charge < -0.3 is 9.73 Å². The Morgan fingerprint density at radius 2 is 1.93 bits per heavy atom. The van der Waals surface area contributed by atoms with Crippen molar-refractivity contribution < 1.29 is 9.21 Å². The Morgan fingerprint density at radius 3 is 2.57 bits per heavy atom. The number of nitrogens with one attached hydrogen (secondary N) is 2. The first-order chi connectivity index (χ1) is 13.4.